The van der Waals surface area contributed by atoms with Crippen LogP contribution in [0, 0.1) is 0 Å². The van der Waals surface area contributed by atoms with Crippen LogP contribution in [0.15, 0.2) is 53.4 Å². The third-order valence-electron chi connectivity index (χ3n) is 4.71. The van der Waals surface area contributed by atoms with E-state index in [-0.39, 0.29) is 0 Å². The Labute approximate surface area is 147 Å². The molecule has 6 heteroatoms. The molecule has 3 heterocycles. The molecule has 0 amide bonds. The second kappa shape index (κ2) is 7.21. The maximum absolute atomic E-state index is 5.64. The molecule has 4 rings (SSSR count). The van der Waals surface area contributed by atoms with Crippen LogP contribution in [-0.2, 0) is 20.1 Å². The first-order valence-electron chi connectivity index (χ1n) is 8.69. The zero-order valence-electron chi connectivity index (χ0n) is 14.5. The third kappa shape index (κ3) is 3.81. The fourth-order valence-corrected chi connectivity index (χ4v) is 3.18. The minimum Gasteiger partial charge on any atom is -0.444 e. The number of aryl methyl sites for hydroxylation is 1. The Bertz CT molecular complexity index is 802. The largest absolute Gasteiger partial charge is 0.444 e. The normalized spacial score (nSPS) is 16.4. The summed E-state index contributed by atoms with van der Waals surface area (Å²) in [6.07, 6.45) is 5.64. The van der Waals surface area contributed by atoms with Crippen molar-refractivity contribution in [2.75, 3.05) is 26.2 Å². The summed E-state index contributed by atoms with van der Waals surface area (Å²) in [7, 11) is 2.05. The molecule has 1 saturated heterocycles. The molecular formula is C19H23N5O. The molecule has 0 saturated carbocycles. The lowest BCUT2D eigenvalue weighted by molar-refractivity contribution is 0.118. The predicted octanol–water partition coefficient (Wildman–Crippen LogP) is 2.39. The molecule has 0 radical (unpaired) electrons. The van der Waals surface area contributed by atoms with E-state index in [0.29, 0.717) is 5.89 Å². The fourth-order valence-electron chi connectivity index (χ4n) is 3.18. The lowest BCUT2D eigenvalue weighted by Gasteiger charge is -2.33. The zero-order chi connectivity index (χ0) is 17.1. The van der Waals surface area contributed by atoms with Gasteiger partial charge in [-0.3, -0.25) is 9.80 Å². The van der Waals surface area contributed by atoms with Gasteiger partial charge in [-0.2, -0.15) is 0 Å². The van der Waals surface area contributed by atoms with E-state index in [1.54, 1.807) is 6.26 Å². The maximum Gasteiger partial charge on any atom is 0.226 e. The fraction of sp³-hybridized carbons (Fsp3) is 0.368. The summed E-state index contributed by atoms with van der Waals surface area (Å²) in [5, 5.41) is 0. The maximum atomic E-state index is 5.64. The summed E-state index contributed by atoms with van der Waals surface area (Å²) in [5.74, 6) is 1.82. The molecule has 0 N–H and O–H groups in total. The van der Waals surface area contributed by atoms with E-state index in [9.17, 15) is 0 Å². The molecule has 0 unspecified atom stereocenters. The van der Waals surface area contributed by atoms with E-state index in [1.165, 1.54) is 0 Å². The first-order valence-corrected chi connectivity index (χ1v) is 8.69. The number of benzene rings is 1. The van der Waals surface area contributed by atoms with Crippen LogP contribution in [0.2, 0.25) is 0 Å². The second-order valence-corrected chi connectivity index (χ2v) is 6.52. The number of nitrogens with zero attached hydrogens (tertiary/aromatic N) is 5. The van der Waals surface area contributed by atoms with Crippen molar-refractivity contribution in [1.82, 2.24) is 24.3 Å². The van der Waals surface area contributed by atoms with Crippen LogP contribution < -0.4 is 0 Å². The van der Waals surface area contributed by atoms with Crippen molar-refractivity contribution in [3.63, 3.8) is 0 Å². The molecule has 1 aromatic carbocycles. The van der Waals surface area contributed by atoms with E-state index in [0.717, 1.165) is 56.4 Å². The average molecular weight is 337 g/mol. The van der Waals surface area contributed by atoms with Crippen LogP contribution in [0.4, 0.5) is 0 Å². The van der Waals surface area contributed by atoms with Gasteiger partial charge in [0.25, 0.3) is 0 Å². The highest BCUT2D eigenvalue weighted by Gasteiger charge is 2.19. The highest BCUT2D eigenvalue weighted by atomic mass is 16.3. The van der Waals surface area contributed by atoms with Gasteiger partial charge in [-0.05, 0) is 12.1 Å². The van der Waals surface area contributed by atoms with Crippen LogP contribution in [0.5, 0.6) is 0 Å². The minimum absolute atomic E-state index is 0.698. The van der Waals surface area contributed by atoms with E-state index < -0.39 is 0 Å². The van der Waals surface area contributed by atoms with E-state index in [1.807, 2.05) is 49.8 Å². The molecule has 6 nitrogen and oxygen atoms in total. The summed E-state index contributed by atoms with van der Waals surface area (Å²) in [6.45, 7) is 5.94. The number of piperazine rings is 1. The van der Waals surface area contributed by atoms with Crippen LogP contribution in [0.25, 0.3) is 11.5 Å². The Morgan fingerprint density at radius 2 is 1.72 bits per heavy atom. The van der Waals surface area contributed by atoms with Crippen molar-refractivity contribution in [1.29, 1.82) is 0 Å². The third-order valence-corrected chi connectivity index (χ3v) is 4.71. The molecule has 2 aromatic heterocycles. The summed E-state index contributed by atoms with van der Waals surface area (Å²) in [4.78, 5) is 13.9. The second-order valence-electron chi connectivity index (χ2n) is 6.52. The molecule has 130 valence electrons. The number of hydrogen-bond donors (Lipinski definition) is 0. The first-order chi connectivity index (χ1) is 12.3. The van der Waals surface area contributed by atoms with Crippen molar-refractivity contribution in [2.24, 2.45) is 7.05 Å². The lowest BCUT2D eigenvalue weighted by Crippen LogP contribution is -2.45. The smallest absolute Gasteiger partial charge is 0.226 e. The first kappa shape index (κ1) is 16.1. The molecular weight excluding hydrogens is 314 g/mol. The number of rotatable bonds is 5. The van der Waals surface area contributed by atoms with Crippen molar-refractivity contribution in [3.05, 3.63) is 60.5 Å². The average Bonchev–Trinajstić information content (AvgIpc) is 3.27. The van der Waals surface area contributed by atoms with Gasteiger partial charge in [0.15, 0.2) is 0 Å². The Morgan fingerprint density at radius 1 is 1.00 bits per heavy atom. The zero-order valence-corrected chi connectivity index (χ0v) is 14.5. The van der Waals surface area contributed by atoms with Gasteiger partial charge in [-0.1, -0.05) is 18.2 Å². The van der Waals surface area contributed by atoms with E-state index in [2.05, 4.69) is 24.3 Å². The topological polar surface area (TPSA) is 50.3 Å². The standard InChI is InChI=1S/C19H23N5O/c1-22-8-7-20-18(22)14-24-11-9-23(10-12-24)13-17-15-25-19(21-17)16-5-3-2-4-6-16/h2-8,15H,9-14H2,1H3. The van der Waals surface area contributed by atoms with Crippen LogP contribution >= 0.6 is 0 Å². The molecule has 0 atom stereocenters. The minimum atomic E-state index is 0.698. The van der Waals surface area contributed by atoms with Crippen LogP contribution in [0.3, 0.4) is 0 Å². The lowest BCUT2D eigenvalue weighted by atomic mass is 10.2. The number of aromatic nitrogens is 3. The van der Waals surface area contributed by atoms with Crippen molar-refractivity contribution < 1.29 is 4.42 Å². The van der Waals surface area contributed by atoms with E-state index >= 15 is 0 Å². The summed E-state index contributed by atoms with van der Waals surface area (Å²) >= 11 is 0. The van der Waals surface area contributed by atoms with Gasteiger partial charge in [0.05, 0.1) is 12.2 Å². The predicted molar refractivity (Wildman–Crippen MR) is 95.7 cm³/mol. The molecule has 25 heavy (non-hydrogen) atoms. The van der Waals surface area contributed by atoms with Gasteiger partial charge >= 0.3 is 0 Å². The summed E-state index contributed by atoms with van der Waals surface area (Å²) in [6, 6.07) is 10.0. The van der Waals surface area contributed by atoms with Gasteiger partial charge < -0.3 is 8.98 Å². The van der Waals surface area contributed by atoms with Gasteiger partial charge in [0.1, 0.15) is 12.1 Å². The summed E-state index contributed by atoms with van der Waals surface area (Å²) < 4.78 is 7.73. The Hall–Kier alpha value is -2.44. The van der Waals surface area contributed by atoms with Gasteiger partial charge in [-0.25, -0.2) is 9.97 Å². The SMILES string of the molecule is Cn1ccnc1CN1CCN(Cc2coc(-c3ccccc3)n2)CC1. The molecule has 3 aromatic rings. The van der Waals surface area contributed by atoms with Gasteiger partial charge in [-0.15, -0.1) is 0 Å². The van der Waals surface area contributed by atoms with Crippen molar-refractivity contribution >= 4 is 0 Å². The monoisotopic (exact) mass is 337 g/mol. The number of oxazole rings is 1. The quantitative estimate of drug-likeness (QED) is 0.715. The highest BCUT2D eigenvalue weighted by Crippen LogP contribution is 2.19. The van der Waals surface area contributed by atoms with Crippen molar-refractivity contribution in [3.8, 4) is 11.5 Å². The van der Waals surface area contributed by atoms with Gasteiger partial charge in [0.2, 0.25) is 5.89 Å². The molecule has 0 spiro atoms. The number of hydrogen-bond acceptors (Lipinski definition) is 5. The number of imidazole rings is 1. The molecule has 0 bridgehead atoms. The molecule has 1 aliphatic rings. The summed E-state index contributed by atoms with van der Waals surface area (Å²) in [5.41, 5.74) is 2.02. The highest BCUT2D eigenvalue weighted by molar-refractivity contribution is 5.52. The Morgan fingerprint density at radius 3 is 2.40 bits per heavy atom. The molecule has 0 aliphatic carbocycles. The van der Waals surface area contributed by atoms with Crippen LogP contribution in [0.1, 0.15) is 11.5 Å². The Kier molecular flexibility index (Phi) is 4.63. The van der Waals surface area contributed by atoms with Crippen molar-refractivity contribution in [2.45, 2.75) is 13.1 Å². The molecule has 1 aliphatic heterocycles. The van der Waals surface area contributed by atoms with Gasteiger partial charge in [0, 0.05) is 57.7 Å². The van der Waals surface area contributed by atoms with E-state index in [4.69, 9.17) is 4.42 Å². The van der Waals surface area contributed by atoms with Crippen LogP contribution in [-0.4, -0.2) is 50.5 Å². The molecule has 1 fully saturated rings. The Balaban J connectivity index is 1.30.